The Morgan fingerprint density at radius 1 is 1.00 bits per heavy atom. The number of aryl methyl sites for hydroxylation is 1. The molecule has 2 heterocycles. The summed E-state index contributed by atoms with van der Waals surface area (Å²) < 4.78 is 11.4. The highest BCUT2D eigenvalue weighted by Crippen LogP contribution is 2.35. The van der Waals surface area contributed by atoms with Gasteiger partial charge in [-0.1, -0.05) is 60.2 Å². The number of imide groups is 1. The third-order valence-corrected chi connectivity index (χ3v) is 7.56. The van der Waals surface area contributed by atoms with Gasteiger partial charge in [-0.3, -0.25) is 19.3 Å². The molecule has 3 amide bonds. The Balaban J connectivity index is 1.24. The van der Waals surface area contributed by atoms with Crippen LogP contribution in [-0.2, 0) is 29.2 Å². The number of carbonyl (C=O) groups excluding carboxylic acids is 3. The number of methoxy groups -OCH3 is 1. The lowest BCUT2D eigenvalue weighted by Gasteiger charge is -2.29. The lowest BCUT2D eigenvalue weighted by molar-refractivity contribution is -0.136. The molecule has 7 nitrogen and oxygen atoms in total. The number of benzene rings is 3. The number of rotatable bonds is 7. The zero-order valence-electron chi connectivity index (χ0n) is 21.3. The highest BCUT2D eigenvalue weighted by Gasteiger charge is 2.37. The topological polar surface area (TPSA) is 76.2 Å². The van der Waals surface area contributed by atoms with E-state index in [2.05, 4.69) is 6.07 Å². The number of nitrogens with zero attached hydrogens (tertiary/aromatic N) is 2. The van der Waals surface area contributed by atoms with Crippen LogP contribution in [0.5, 0.6) is 11.5 Å². The van der Waals surface area contributed by atoms with E-state index in [1.54, 1.807) is 36.3 Å². The molecule has 0 radical (unpaired) electrons. The summed E-state index contributed by atoms with van der Waals surface area (Å²) in [5.74, 6) is 0.391. The Hall–Kier alpha value is -4.04. The maximum Gasteiger partial charge on any atom is 0.294 e. The molecule has 2 aliphatic heterocycles. The molecule has 0 atom stereocenters. The van der Waals surface area contributed by atoms with Crippen molar-refractivity contribution in [3.05, 3.63) is 99.5 Å². The first-order chi connectivity index (χ1) is 18.4. The molecule has 8 heteroatoms. The molecule has 2 aliphatic rings. The van der Waals surface area contributed by atoms with Crippen LogP contribution in [0.4, 0.5) is 4.79 Å². The van der Waals surface area contributed by atoms with Crippen LogP contribution in [0.25, 0.3) is 6.08 Å². The van der Waals surface area contributed by atoms with Crippen molar-refractivity contribution in [1.82, 2.24) is 9.80 Å². The first-order valence-corrected chi connectivity index (χ1v) is 13.2. The lowest BCUT2D eigenvalue weighted by Crippen LogP contribution is -2.44. The van der Waals surface area contributed by atoms with E-state index in [0.717, 1.165) is 34.2 Å². The number of carbonyl (C=O) groups is 3. The number of thioether (sulfide) groups is 1. The standard InChI is InChI=1S/C30H28N2O5S/c1-20-7-9-21(10-8-20)19-37-25-12-11-22(15-26(25)36-2)16-27-29(34)32(30(35)38-27)18-28(33)31-14-13-23-5-3-4-6-24(23)17-31/h3-12,15-16H,13-14,17-19H2,1-2H3/b27-16+. The van der Waals surface area contributed by atoms with Crippen LogP contribution in [0, 0.1) is 6.92 Å². The third kappa shape index (κ3) is 5.60. The van der Waals surface area contributed by atoms with Crippen LogP contribution in [0.1, 0.15) is 27.8 Å². The molecular formula is C30H28N2O5S. The average molecular weight is 529 g/mol. The van der Waals surface area contributed by atoms with E-state index in [9.17, 15) is 14.4 Å². The van der Waals surface area contributed by atoms with Gasteiger partial charge in [0, 0.05) is 13.1 Å². The summed E-state index contributed by atoms with van der Waals surface area (Å²) in [6.07, 6.45) is 2.40. The van der Waals surface area contributed by atoms with E-state index < -0.39 is 11.1 Å². The first kappa shape index (κ1) is 25.6. The molecule has 3 aromatic rings. The Morgan fingerprint density at radius 2 is 1.76 bits per heavy atom. The van der Waals surface area contributed by atoms with Gasteiger partial charge in [-0.05, 0) is 65.6 Å². The summed E-state index contributed by atoms with van der Waals surface area (Å²) in [4.78, 5) is 41.6. The summed E-state index contributed by atoms with van der Waals surface area (Å²) in [6.45, 7) is 3.22. The van der Waals surface area contributed by atoms with Crippen molar-refractivity contribution < 1.29 is 23.9 Å². The summed E-state index contributed by atoms with van der Waals surface area (Å²) in [5.41, 5.74) is 5.24. The van der Waals surface area contributed by atoms with Crippen LogP contribution in [0.2, 0.25) is 0 Å². The zero-order chi connectivity index (χ0) is 26.6. The minimum atomic E-state index is -0.468. The molecule has 0 N–H and O–H groups in total. The van der Waals surface area contributed by atoms with E-state index in [1.165, 1.54) is 11.1 Å². The number of fused-ring (bicyclic) bond motifs is 1. The normalized spacial score (nSPS) is 16.1. The number of amides is 3. The van der Waals surface area contributed by atoms with Crippen molar-refractivity contribution in [3.8, 4) is 11.5 Å². The first-order valence-electron chi connectivity index (χ1n) is 12.4. The van der Waals surface area contributed by atoms with Crippen molar-refractivity contribution in [1.29, 1.82) is 0 Å². The van der Waals surface area contributed by atoms with E-state index >= 15 is 0 Å². The predicted octanol–water partition coefficient (Wildman–Crippen LogP) is 5.20. The Morgan fingerprint density at radius 3 is 2.53 bits per heavy atom. The summed E-state index contributed by atoms with van der Waals surface area (Å²) >= 11 is 0.836. The van der Waals surface area contributed by atoms with Gasteiger partial charge in [-0.2, -0.15) is 0 Å². The summed E-state index contributed by atoms with van der Waals surface area (Å²) in [7, 11) is 1.55. The molecule has 0 aromatic heterocycles. The van der Waals surface area contributed by atoms with Crippen LogP contribution >= 0.6 is 11.8 Å². The van der Waals surface area contributed by atoms with E-state index in [1.807, 2.05) is 49.4 Å². The van der Waals surface area contributed by atoms with Gasteiger partial charge in [0.25, 0.3) is 11.1 Å². The minimum absolute atomic E-state index is 0.236. The molecule has 0 saturated carbocycles. The Bertz CT molecular complexity index is 1420. The van der Waals surface area contributed by atoms with Gasteiger partial charge in [-0.25, -0.2) is 0 Å². The summed E-state index contributed by atoms with van der Waals surface area (Å²) in [5, 5.41) is -0.447. The fourth-order valence-electron chi connectivity index (χ4n) is 4.47. The molecule has 5 rings (SSSR count). The fraction of sp³-hybridized carbons (Fsp3) is 0.233. The zero-order valence-corrected chi connectivity index (χ0v) is 22.1. The molecule has 3 aromatic carbocycles. The predicted molar refractivity (Wildman–Crippen MR) is 147 cm³/mol. The van der Waals surface area contributed by atoms with Crippen molar-refractivity contribution in [3.63, 3.8) is 0 Å². The molecule has 38 heavy (non-hydrogen) atoms. The van der Waals surface area contributed by atoms with Gasteiger partial charge < -0.3 is 14.4 Å². The van der Waals surface area contributed by atoms with Crippen LogP contribution in [0.3, 0.4) is 0 Å². The number of ether oxygens (including phenoxy) is 2. The number of hydrogen-bond acceptors (Lipinski definition) is 6. The second-order valence-electron chi connectivity index (χ2n) is 9.29. The van der Waals surface area contributed by atoms with Crippen LogP contribution in [-0.4, -0.2) is 47.1 Å². The molecule has 0 aliphatic carbocycles. The highest BCUT2D eigenvalue weighted by molar-refractivity contribution is 8.18. The molecule has 0 unspecified atom stereocenters. The fourth-order valence-corrected chi connectivity index (χ4v) is 5.31. The van der Waals surface area contributed by atoms with Gasteiger partial charge in [0.15, 0.2) is 11.5 Å². The third-order valence-electron chi connectivity index (χ3n) is 6.65. The smallest absolute Gasteiger partial charge is 0.294 e. The summed E-state index contributed by atoms with van der Waals surface area (Å²) in [6, 6.07) is 21.4. The molecular weight excluding hydrogens is 500 g/mol. The molecule has 0 spiro atoms. The van der Waals surface area contributed by atoms with Crippen LogP contribution in [0.15, 0.2) is 71.6 Å². The maximum atomic E-state index is 13.0. The van der Waals surface area contributed by atoms with Crippen LogP contribution < -0.4 is 9.47 Å². The monoisotopic (exact) mass is 528 g/mol. The quantitative estimate of drug-likeness (QED) is 0.392. The van der Waals surface area contributed by atoms with E-state index in [-0.39, 0.29) is 17.4 Å². The van der Waals surface area contributed by atoms with Crippen molar-refractivity contribution >= 4 is 34.9 Å². The van der Waals surface area contributed by atoms with Gasteiger partial charge in [-0.15, -0.1) is 0 Å². The molecule has 1 saturated heterocycles. The van der Waals surface area contributed by atoms with E-state index in [0.29, 0.717) is 36.8 Å². The second-order valence-corrected chi connectivity index (χ2v) is 10.3. The SMILES string of the molecule is COc1cc(/C=C2/SC(=O)N(CC(=O)N3CCc4ccccc4C3)C2=O)ccc1OCc1ccc(C)cc1. The largest absolute Gasteiger partial charge is 0.493 e. The van der Waals surface area contributed by atoms with Crippen molar-refractivity contribution in [2.24, 2.45) is 0 Å². The Kier molecular flexibility index (Phi) is 7.51. The average Bonchev–Trinajstić information content (AvgIpc) is 3.19. The van der Waals surface area contributed by atoms with E-state index in [4.69, 9.17) is 9.47 Å². The van der Waals surface area contributed by atoms with Crippen molar-refractivity contribution in [2.75, 3.05) is 20.2 Å². The molecule has 194 valence electrons. The highest BCUT2D eigenvalue weighted by atomic mass is 32.2. The number of hydrogen-bond donors (Lipinski definition) is 0. The van der Waals surface area contributed by atoms with Crippen molar-refractivity contribution in [2.45, 2.75) is 26.5 Å². The molecule has 1 fully saturated rings. The van der Waals surface area contributed by atoms with Gasteiger partial charge in [0.05, 0.1) is 12.0 Å². The second kappa shape index (κ2) is 11.1. The Labute approximate surface area is 226 Å². The lowest BCUT2D eigenvalue weighted by atomic mass is 10.00. The van der Waals surface area contributed by atoms with Gasteiger partial charge in [0.2, 0.25) is 5.91 Å². The molecule has 0 bridgehead atoms. The van der Waals surface area contributed by atoms with Gasteiger partial charge >= 0.3 is 0 Å². The van der Waals surface area contributed by atoms with Gasteiger partial charge in [0.1, 0.15) is 13.2 Å². The minimum Gasteiger partial charge on any atom is -0.493 e. The maximum absolute atomic E-state index is 13.0.